The second kappa shape index (κ2) is 3.36. The fourth-order valence-electron chi connectivity index (χ4n) is 1.40. The van der Waals surface area contributed by atoms with E-state index >= 15 is 0 Å². The minimum absolute atomic E-state index is 0.486. The summed E-state index contributed by atoms with van der Waals surface area (Å²) in [4.78, 5) is 16.5. The van der Waals surface area contributed by atoms with Crippen LogP contribution in [0.3, 0.4) is 0 Å². The van der Waals surface area contributed by atoms with E-state index in [9.17, 15) is 4.79 Å². The molecule has 0 radical (unpaired) electrons. The van der Waals surface area contributed by atoms with Gasteiger partial charge in [-0.3, -0.25) is 0 Å². The standard InChI is InChI=1S/C10H8N2O2/c1-14-9-4-2-3-8-7(9)5-10(12-8)11-6-13/h2-5,12H,1H3. The van der Waals surface area contributed by atoms with Gasteiger partial charge in [-0.1, -0.05) is 6.07 Å². The first-order valence-electron chi connectivity index (χ1n) is 4.09. The number of fused-ring (bicyclic) bond motifs is 1. The van der Waals surface area contributed by atoms with Gasteiger partial charge >= 0.3 is 0 Å². The van der Waals surface area contributed by atoms with E-state index in [1.165, 1.54) is 6.08 Å². The zero-order chi connectivity index (χ0) is 9.97. The molecule has 0 amide bonds. The van der Waals surface area contributed by atoms with E-state index in [0.29, 0.717) is 5.82 Å². The topological polar surface area (TPSA) is 54.4 Å². The molecule has 0 unspecified atom stereocenters. The Morgan fingerprint density at radius 1 is 1.50 bits per heavy atom. The van der Waals surface area contributed by atoms with Gasteiger partial charge in [0.2, 0.25) is 6.08 Å². The summed E-state index contributed by atoms with van der Waals surface area (Å²) in [6.07, 6.45) is 1.49. The van der Waals surface area contributed by atoms with E-state index in [4.69, 9.17) is 4.74 Å². The summed E-state index contributed by atoms with van der Waals surface area (Å²) in [6.45, 7) is 0. The number of hydrogen-bond donors (Lipinski definition) is 1. The summed E-state index contributed by atoms with van der Waals surface area (Å²) >= 11 is 0. The molecule has 0 aliphatic carbocycles. The van der Waals surface area contributed by atoms with Crippen molar-refractivity contribution in [1.82, 2.24) is 4.98 Å². The molecule has 1 aromatic carbocycles. The monoisotopic (exact) mass is 188 g/mol. The third-order valence-corrected chi connectivity index (χ3v) is 2.00. The number of benzene rings is 1. The van der Waals surface area contributed by atoms with Crippen LogP contribution in [-0.4, -0.2) is 18.2 Å². The number of H-pyrrole nitrogens is 1. The van der Waals surface area contributed by atoms with Crippen LogP contribution in [0.2, 0.25) is 0 Å². The smallest absolute Gasteiger partial charge is 0.242 e. The van der Waals surface area contributed by atoms with Crippen molar-refractivity contribution in [1.29, 1.82) is 0 Å². The Morgan fingerprint density at radius 3 is 3.07 bits per heavy atom. The summed E-state index contributed by atoms with van der Waals surface area (Å²) in [7, 11) is 1.60. The summed E-state index contributed by atoms with van der Waals surface area (Å²) in [5.41, 5.74) is 0.887. The maximum Gasteiger partial charge on any atom is 0.242 e. The Balaban J connectivity index is 2.69. The quantitative estimate of drug-likeness (QED) is 0.579. The Hall–Kier alpha value is -2.06. The number of aromatic amines is 1. The Labute approximate surface area is 80.2 Å². The van der Waals surface area contributed by atoms with Gasteiger partial charge in [0.15, 0.2) is 0 Å². The first-order valence-corrected chi connectivity index (χ1v) is 4.09. The molecule has 0 spiro atoms. The van der Waals surface area contributed by atoms with Crippen LogP contribution in [0, 0.1) is 0 Å². The average molecular weight is 188 g/mol. The first-order chi connectivity index (χ1) is 6.85. The van der Waals surface area contributed by atoms with Crippen molar-refractivity contribution in [3.8, 4) is 5.75 Å². The fraction of sp³-hybridized carbons (Fsp3) is 0.100. The third-order valence-electron chi connectivity index (χ3n) is 2.00. The van der Waals surface area contributed by atoms with E-state index < -0.39 is 0 Å². The molecule has 14 heavy (non-hydrogen) atoms. The molecule has 2 aromatic rings. The molecule has 2 rings (SSSR count). The summed E-state index contributed by atoms with van der Waals surface area (Å²) in [5, 5.41) is 0.906. The van der Waals surface area contributed by atoms with Crippen molar-refractivity contribution < 1.29 is 9.53 Å². The number of aromatic nitrogens is 1. The van der Waals surface area contributed by atoms with Crippen molar-refractivity contribution in [3.63, 3.8) is 0 Å². The van der Waals surface area contributed by atoms with E-state index in [2.05, 4.69) is 9.98 Å². The minimum atomic E-state index is 0.486. The highest BCUT2D eigenvalue weighted by Crippen LogP contribution is 2.28. The number of nitrogens with zero attached hydrogens (tertiary/aromatic N) is 1. The molecule has 1 aromatic heterocycles. The molecule has 4 nitrogen and oxygen atoms in total. The molecule has 0 saturated carbocycles. The van der Waals surface area contributed by atoms with Crippen LogP contribution >= 0.6 is 0 Å². The van der Waals surface area contributed by atoms with Crippen molar-refractivity contribution in [2.75, 3.05) is 7.11 Å². The summed E-state index contributed by atoms with van der Waals surface area (Å²) in [6, 6.07) is 7.36. The predicted molar refractivity (Wildman–Crippen MR) is 52.6 cm³/mol. The van der Waals surface area contributed by atoms with Crippen molar-refractivity contribution in [2.45, 2.75) is 0 Å². The molecule has 1 heterocycles. The lowest BCUT2D eigenvalue weighted by molar-refractivity contribution is 0.420. The fourth-order valence-corrected chi connectivity index (χ4v) is 1.40. The van der Waals surface area contributed by atoms with E-state index in [1.807, 2.05) is 18.2 Å². The number of carbonyl (C=O) groups excluding carboxylic acids is 1. The summed E-state index contributed by atoms with van der Waals surface area (Å²) < 4.78 is 5.16. The largest absolute Gasteiger partial charge is 0.496 e. The molecule has 0 aliphatic heterocycles. The van der Waals surface area contributed by atoms with Gasteiger partial charge in [0, 0.05) is 5.39 Å². The van der Waals surface area contributed by atoms with Gasteiger partial charge in [0.05, 0.1) is 12.6 Å². The molecule has 4 heteroatoms. The van der Waals surface area contributed by atoms with E-state index in [0.717, 1.165) is 16.7 Å². The lowest BCUT2D eigenvalue weighted by Gasteiger charge is -1.99. The SMILES string of the molecule is COc1cccc2[nH]c(N=C=O)cc12. The first kappa shape index (κ1) is 8.53. The van der Waals surface area contributed by atoms with Gasteiger partial charge in [-0.25, -0.2) is 4.79 Å². The van der Waals surface area contributed by atoms with Crippen molar-refractivity contribution >= 4 is 22.8 Å². The highest BCUT2D eigenvalue weighted by atomic mass is 16.5. The van der Waals surface area contributed by atoms with Gasteiger partial charge in [-0.15, -0.1) is 4.99 Å². The molecule has 1 N–H and O–H groups in total. The molecule has 0 bridgehead atoms. The molecule has 0 atom stereocenters. The van der Waals surface area contributed by atoms with Crippen LogP contribution in [0.15, 0.2) is 29.3 Å². The molecule has 70 valence electrons. The van der Waals surface area contributed by atoms with Gasteiger partial charge in [-0.05, 0) is 18.2 Å². The van der Waals surface area contributed by atoms with Gasteiger partial charge in [-0.2, -0.15) is 0 Å². The van der Waals surface area contributed by atoms with Gasteiger partial charge in [0.1, 0.15) is 11.6 Å². The average Bonchev–Trinajstić information content (AvgIpc) is 2.60. The number of hydrogen-bond acceptors (Lipinski definition) is 3. The second-order valence-electron chi connectivity index (χ2n) is 2.78. The number of nitrogens with one attached hydrogen (secondary N) is 1. The number of ether oxygens (including phenoxy) is 1. The minimum Gasteiger partial charge on any atom is -0.496 e. The highest BCUT2D eigenvalue weighted by molar-refractivity contribution is 5.89. The molecular formula is C10H8N2O2. The number of methoxy groups -OCH3 is 1. The van der Waals surface area contributed by atoms with Crippen LogP contribution in [0.1, 0.15) is 0 Å². The third kappa shape index (κ3) is 1.28. The van der Waals surface area contributed by atoms with Crippen LogP contribution in [0.5, 0.6) is 5.75 Å². The Kier molecular flexibility index (Phi) is 2.05. The Morgan fingerprint density at radius 2 is 2.36 bits per heavy atom. The number of isocyanates is 1. The lowest BCUT2D eigenvalue weighted by Crippen LogP contribution is -1.81. The van der Waals surface area contributed by atoms with Crippen molar-refractivity contribution in [2.24, 2.45) is 4.99 Å². The van der Waals surface area contributed by atoms with Gasteiger partial charge in [0.25, 0.3) is 0 Å². The predicted octanol–water partition coefficient (Wildman–Crippen LogP) is 2.14. The zero-order valence-corrected chi connectivity index (χ0v) is 7.57. The normalized spacial score (nSPS) is 9.79. The number of rotatable bonds is 2. The Bertz CT molecular complexity index is 510. The van der Waals surface area contributed by atoms with Crippen LogP contribution in [0.4, 0.5) is 5.82 Å². The van der Waals surface area contributed by atoms with Crippen LogP contribution in [-0.2, 0) is 4.79 Å². The van der Waals surface area contributed by atoms with E-state index in [-0.39, 0.29) is 0 Å². The highest BCUT2D eigenvalue weighted by Gasteiger charge is 2.04. The zero-order valence-electron chi connectivity index (χ0n) is 7.57. The molecule has 0 aliphatic rings. The summed E-state index contributed by atoms with van der Waals surface area (Å²) in [5.74, 6) is 1.24. The van der Waals surface area contributed by atoms with Crippen LogP contribution in [0.25, 0.3) is 10.9 Å². The maximum absolute atomic E-state index is 10.1. The maximum atomic E-state index is 10.1. The van der Waals surface area contributed by atoms with Gasteiger partial charge < -0.3 is 9.72 Å². The second-order valence-corrected chi connectivity index (χ2v) is 2.78. The van der Waals surface area contributed by atoms with Crippen LogP contribution < -0.4 is 4.74 Å². The van der Waals surface area contributed by atoms with E-state index in [1.54, 1.807) is 13.2 Å². The molecular weight excluding hydrogens is 180 g/mol. The molecule has 0 fully saturated rings. The molecule has 0 saturated heterocycles. The number of aliphatic imine (C=N–C) groups is 1. The lowest BCUT2D eigenvalue weighted by atomic mass is 10.2. The van der Waals surface area contributed by atoms with Crippen molar-refractivity contribution in [3.05, 3.63) is 24.3 Å².